The first kappa shape index (κ1) is 12.2. The minimum absolute atomic E-state index is 1.11. The van der Waals surface area contributed by atoms with E-state index in [4.69, 9.17) is 0 Å². The third kappa shape index (κ3) is 2.52. The molecule has 1 aromatic rings. The lowest BCUT2D eigenvalue weighted by Crippen LogP contribution is -2.27. The summed E-state index contributed by atoms with van der Waals surface area (Å²) < 4.78 is 0. The predicted octanol–water partition coefficient (Wildman–Crippen LogP) is 3.55. The van der Waals surface area contributed by atoms with Crippen LogP contribution >= 0.6 is 0 Å². The second-order valence-corrected chi connectivity index (χ2v) is 4.44. The summed E-state index contributed by atoms with van der Waals surface area (Å²) in [5.74, 6) is 0. The molecular weight excluding hydrogens is 204 g/mol. The molecule has 90 valence electrons. The van der Waals surface area contributed by atoms with E-state index in [0.717, 1.165) is 6.42 Å². The quantitative estimate of drug-likeness (QED) is 0.634. The molecule has 0 unspecified atom stereocenters. The van der Waals surface area contributed by atoms with Crippen LogP contribution in [0.25, 0.3) is 11.6 Å². The van der Waals surface area contributed by atoms with E-state index in [-0.39, 0.29) is 0 Å². The molecule has 0 heteroatoms. The van der Waals surface area contributed by atoms with Crippen molar-refractivity contribution >= 4 is 11.6 Å². The predicted molar refractivity (Wildman–Crippen MR) is 76.1 cm³/mol. The highest BCUT2D eigenvalue weighted by atomic mass is 14.2. The molecule has 0 nitrogen and oxygen atoms in total. The van der Waals surface area contributed by atoms with Crippen LogP contribution in [0.2, 0.25) is 0 Å². The molecule has 0 amide bonds. The zero-order valence-electron chi connectivity index (χ0n) is 11.0. The lowest BCUT2D eigenvalue weighted by molar-refractivity contribution is 0.713. The van der Waals surface area contributed by atoms with Crippen LogP contribution in [-0.4, -0.2) is 0 Å². The highest BCUT2D eigenvalue weighted by molar-refractivity contribution is 5.66. The molecule has 0 aromatic heterocycles. The van der Waals surface area contributed by atoms with Gasteiger partial charge in [-0.2, -0.15) is 0 Å². The van der Waals surface area contributed by atoms with Crippen LogP contribution in [0.3, 0.4) is 0 Å². The van der Waals surface area contributed by atoms with Gasteiger partial charge in [0.15, 0.2) is 0 Å². The van der Waals surface area contributed by atoms with E-state index in [1.54, 1.807) is 11.1 Å². The molecule has 17 heavy (non-hydrogen) atoms. The molecule has 2 aliphatic carbocycles. The second-order valence-electron chi connectivity index (χ2n) is 4.44. The maximum absolute atomic E-state index is 2.43. The van der Waals surface area contributed by atoms with Crippen LogP contribution in [0.15, 0.2) is 35.9 Å². The van der Waals surface area contributed by atoms with Gasteiger partial charge in [-0.1, -0.05) is 50.3 Å². The first-order valence-corrected chi connectivity index (χ1v) is 6.93. The Morgan fingerprint density at radius 3 is 2.53 bits per heavy atom. The van der Waals surface area contributed by atoms with Crippen LogP contribution in [0.5, 0.6) is 0 Å². The summed E-state index contributed by atoms with van der Waals surface area (Å²) in [5.41, 5.74) is 3.23. The number of allylic oxidation sites excluding steroid dienone is 2. The molecule has 1 fully saturated rings. The molecule has 0 saturated heterocycles. The van der Waals surface area contributed by atoms with E-state index in [1.165, 1.54) is 36.1 Å². The monoisotopic (exact) mass is 226 g/mol. The third-order valence-corrected chi connectivity index (χ3v) is 3.50. The Balaban J connectivity index is 0.000000514. The van der Waals surface area contributed by atoms with Crippen molar-refractivity contribution in [1.29, 1.82) is 0 Å². The highest BCUT2D eigenvalue weighted by Gasteiger charge is 2.13. The first-order valence-electron chi connectivity index (χ1n) is 6.93. The Morgan fingerprint density at radius 1 is 0.882 bits per heavy atom. The summed E-state index contributed by atoms with van der Waals surface area (Å²) in [6.45, 7) is 4.00. The van der Waals surface area contributed by atoms with E-state index < -0.39 is 0 Å². The lowest BCUT2D eigenvalue weighted by atomic mass is 9.88. The van der Waals surface area contributed by atoms with E-state index >= 15 is 0 Å². The molecular formula is C17H22. The van der Waals surface area contributed by atoms with Crippen molar-refractivity contribution in [2.45, 2.75) is 46.0 Å². The van der Waals surface area contributed by atoms with Gasteiger partial charge in [0.25, 0.3) is 0 Å². The molecule has 0 radical (unpaired) electrons. The Hall–Kier alpha value is -1.30. The molecule has 1 aromatic carbocycles. The van der Waals surface area contributed by atoms with E-state index in [1.807, 2.05) is 13.8 Å². The Morgan fingerprint density at radius 2 is 1.65 bits per heavy atom. The Labute approximate surface area is 104 Å². The molecule has 1 saturated carbocycles. The molecule has 0 atom stereocenters. The number of hydrogen-bond donors (Lipinski definition) is 0. The van der Waals surface area contributed by atoms with Crippen molar-refractivity contribution in [3.05, 3.63) is 46.4 Å². The third-order valence-electron chi connectivity index (χ3n) is 3.50. The van der Waals surface area contributed by atoms with Crippen LogP contribution in [0, 0.1) is 0 Å². The van der Waals surface area contributed by atoms with Crippen molar-refractivity contribution < 1.29 is 0 Å². The summed E-state index contributed by atoms with van der Waals surface area (Å²) in [6, 6.07) is 8.83. The van der Waals surface area contributed by atoms with Gasteiger partial charge >= 0.3 is 0 Å². The fourth-order valence-electron chi connectivity index (χ4n) is 2.74. The van der Waals surface area contributed by atoms with Gasteiger partial charge in [0.2, 0.25) is 0 Å². The maximum atomic E-state index is 2.43. The summed E-state index contributed by atoms with van der Waals surface area (Å²) in [7, 11) is 0. The zero-order valence-corrected chi connectivity index (χ0v) is 11.0. The summed E-state index contributed by atoms with van der Waals surface area (Å²) in [6.07, 6.45) is 11.2. The highest BCUT2D eigenvalue weighted by Crippen LogP contribution is 2.29. The maximum Gasteiger partial charge on any atom is -0.0152 e. The van der Waals surface area contributed by atoms with Crippen molar-refractivity contribution in [2.24, 2.45) is 0 Å². The van der Waals surface area contributed by atoms with Gasteiger partial charge in [-0.3, -0.25) is 0 Å². The Kier molecular flexibility index (Phi) is 4.19. The van der Waals surface area contributed by atoms with Crippen molar-refractivity contribution in [3.8, 4) is 0 Å². The minimum atomic E-state index is 1.11. The molecule has 0 bridgehead atoms. The Bertz CT molecular complexity index is 517. The summed E-state index contributed by atoms with van der Waals surface area (Å²) >= 11 is 0. The number of hydrogen-bond acceptors (Lipinski definition) is 0. The number of rotatable bonds is 0. The van der Waals surface area contributed by atoms with Gasteiger partial charge in [-0.15, -0.1) is 0 Å². The zero-order chi connectivity index (χ0) is 12.1. The molecule has 3 rings (SSSR count). The summed E-state index contributed by atoms with van der Waals surface area (Å²) in [4.78, 5) is 0. The SMILES string of the molecule is C1=C2CCCCC2=c2ccccc2=CC1.CC. The van der Waals surface area contributed by atoms with Crippen molar-refractivity contribution in [1.82, 2.24) is 0 Å². The fourth-order valence-corrected chi connectivity index (χ4v) is 2.74. The van der Waals surface area contributed by atoms with Crippen LogP contribution in [0.4, 0.5) is 0 Å². The van der Waals surface area contributed by atoms with Gasteiger partial charge in [0, 0.05) is 0 Å². The molecule has 0 heterocycles. The van der Waals surface area contributed by atoms with Crippen LogP contribution in [0.1, 0.15) is 46.0 Å². The molecule has 2 aliphatic rings. The standard InChI is InChI=1S/C15H16.C2H6/c1-3-10-14-12(6-1)8-5-9-13-7-2-4-11-15(13)14;1-2/h1,3,6,8-10H,2,4-5,7,11H2;1-2H3. The lowest BCUT2D eigenvalue weighted by Gasteiger charge is -2.17. The molecule has 0 spiro atoms. The number of fused-ring (bicyclic) bond motifs is 2. The van der Waals surface area contributed by atoms with E-state index in [2.05, 4.69) is 36.4 Å². The topological polar surface area (TPSA) is 0 Å². The van der Waals surface area contributed by atoms with Gasteiger partial charge in [0.05, 0.1) is 0 Å². The average Bonchev–Trinajstić information content (AvgIpc) is 2.60. The fraction of sp³-hybridized carbons (Fsp3) is 0.412. The number of benzene rings is 1. The van der Waals surface area contributed by atoms with E-state index in [0.29, 0.717) is 0 Å². The first-order chi connectivity index (χ1) is 8.45. The summed E-state index contributed by atoms with van der Waals surface area (Å²) in [5, 5.41) is 2.92. The smallest absolute Gasteiger partial charge is 0.0152 e. The van der Waals surface area contributed by atoms with E-state index in [9.17, 15) is 0 Å². The molecule has 0 aliphatic heterocycles. The van der Waals surface area contributed by atoms with Gasteiger partial charge in [-0.25, -0.2) is 0 Å². The second kappa shape index (κ2) is 5.86. The van der Waals surface area contributed by atoms with Crippen molar-refractivity contribution in [3.63, 3.8) is 0 Å². The van der Waals surface area contributed by atoms with Gasteiger partial charge in [-0.05, 0) is 53.7 Å². The molecule has 0 N–H and O–H groups in total. The van der Waals surface area contributed by atoms with Gasteiger partial charge < -0.3 is 0 Å². The largest absolute Gasteiger partial charge is 0.0772 e. The van der Waals surface area contributed by atoms with Crippen molar-refractivity contribution in [2.75, 3.05) is 0 Å². The normalized spacial score (nSPS) is 17.5. The average molecular weight is 226 g/mol. The van der Waals surface area contributed by atoms with Gasteiger partial charge in [0.1, 0.15) is 0 Å². The van der Waals surface area contributed by atoms with Crippen LogP contribution < -0.4 is 10.4 Å². The van der Waals surface area contributed by atoms with Crippen LogP contribution in [-0.2, 0) is 0 Å². The minimum Gasteiger partial charge on any atom is -0.0772 e.